The summed E-state index contributed by atoms with van der Waals surface area (Å²) in [6.45, 7) is 0. The van der Waals surface area contributed by atoms with Gasteiger partial charge in [-0.15, -0.1) is 0 Å². The predicted molar refractivity (Wildman–Crippen MR) is 52.3 cm³/mol. The summed E-state index contributed by atoms with van der Waals surface area (Å²) in [7, 11) is -2.89. The average molecular weight is 218 g/mol. The van der Waals surface area contributed by atoms with Crippen LogP contribution >= 0.6 is 0 Å². The first-order valence-electron chi connectivity index (χ1n) is 4.28. The van der Waals surface area contributed by atoms with Gasteiger partial charge in [0.1, 0.15) is 9.84 Å². The second-order valence-electron chi connectivity index (χ2n) is 3.27. The molecule has 1 aromatic heterocycles. The van der Waals surface area contributed by atoms with E-state index < -0.39 is 9.84 Å². The monoisotopic (exact) mass is 218 g/mol. The van der Waals surface area contributed by atoms with Gasteiger partial charge in [-0.1, -0.05) is 0 Å². The lowest BCUT2D eigenvalue weighted by Crippen LogP contribution is -2.13. The van der Waals surface area contributed by atoms with Crippen LogP contribution in [-0.4, -0.2) is 35.8 Å². The van der Waals surface area contributed by atoms with Gasteiger partial charge in [-0.25, -0.2) is 8.42 Å². The van der Waals surface area contributed by atoms with Gasteiger partial charge in [0.25, 0.3) is 0 Å². The minimum Gasteiger partial charge on any atom is -0.323 e. The van der Waals surface area contributed by atoms with Crippen molar-refractivity contribution >= 4 is 9.84 Å². The molecule has 0 aromatic carbocycles. The molecule has 0 saturated heterocycles. The Bertz CT molecular complexity index is 359. The zero-order valence-electron chi connectivity index (χ0n) is 7.97. The maximum absolute atomic E-state index is 10.8. The molecule has 6 nitrogen and oxygen atoms in total. The van der Waals surface area contributed by atoms with Gasteiger partial charge in [0.2, 0.25) is 0 Å². The fourth-order valence-corrected chi connectivity index (χ4v) is 1.79. The van der Waals surface area contributed by atoms with Crippen LogP contribution in [0.1, 0.15) is 24.6 Å². The molecule has 1 heterocycles. The zero-order valence-corrected chi connectivity index (χ0v) is 8.79. The zero-order chi connectivity index (χ0) is 10.6. The first-order valence-corrected chi connectivity index (χ1v) is 6.34. The predicted octanol–water partition coefficient (Wildman–Crippen LogP) is -0.371. The minimum atomic E-state index is -2.89. The molecule has 0 aliphatic carbocycles. The second kappa shape index (κ2) is 4.52. The highest BCUT2D eigenvalue weighted by atomic mass is 32.2. The van der Waals surface area contributed by atoms with Crippen molar-refractivity contribution in [1.29, 1.82) is 0 Å². The smallest absolute Gasteiger partial charge is 0.147 e. The molecule has 0 amide bonds. The highest BCUT2D eigenvalue weighted by molar-refractivity contribution is 7.90. The van der Waals surface area contributed by atoms with Gasteiger partial charge in [0.15, 0.2) is 0 Å². The molecule has 1 rings (SSSR count). The Morgan fingerprint density at radius 1 is 1.64 bits per heavy atom. The number of nitrogens with one attached hydrogen (secondary N) is 1. The van der Waals surface area contributed by atoms with Crippen LogP contribution in [-0.2, 0) is 9.84 Å². The van der Waals surface area contributed by atoms with Crippen molar-refractivity contribution in [2.24, 2.45) is 5.73 Å². The van der Waals surface area contributed by atoms with Crippen molar-refractivity contribution in [3.63, 3.8) is 0 Å². The number of hydrogen-bond donors (Lipinski definition) is 2. The van der Waals surface area contributed by atoms with Crippen molar-refractivity contribution in [1.82, 2.24) is 15.4 Å². The van der Waals surface area contributed by atoms with Crippen LogP contribution in [0, 0.1) is 0 Å². The van der Waals surface area contributed by atoms with Crippen LogP contribution in [0.5, 0.6) is 0 Å². The Balaban J connectivity index is 2.33. The maximum atomic E-state index is 10.8. The van der Waals surface area contributed by atoms with Crippen molar-refractivity contribution in [2.75, 3.05) is 12.0 Å². The summed E-state index contributed by atoms with van der Waals surface area (Å²) in [4.78, 5) is 0. The molecule has 7 heteroatoms. The minimum absolute atomic E-state index is 0.165. The van der Waals surface area contributed by atoms with Crippen LogP contribution in [0.4, 0.5) is 0 Å². The van der Waals surface area contributed by atoms with E-state index in [9.17, 15) is 8.42 Å². The lowest BCUT2D eigenvalue weighted by Gasteiger charge is -2.06. The van der Waals surface area contributed by atoms with Gasteiger partial charge < -0.3 is 5.73 Å². The SMILES string of the molecule is CS(=O)(=O)CCCC(N)c1cn[nH]n1. The van der Waals surface area contributed by atoms with Gasteiger partial charge in [-0.05, 0) is 12.8 Å². The fourth-order valence-electron chi connectivity index (χ4n) is 1.10. The highest BCUT2D eigenvalue weighted by Crippen LogP contribution is 2.11. The Hall–Kier alpha value is -0.950. The normalized spacial score (nSPS) is 14.1. The summed E-state index contributed by atoms with van der Waals surface area (Å²) < 4.78 is 21.6. The van der Waals surface area contributed by atoms with Crippen LogP contribution in [0.15, 0.2) is 6.20 Å². The third-order valence-electron chi connectivity index (χ3n) is 1.84. The Morgan fingerprint density at radius 2 is 2.36 bits per heavy atom. The van der Waals surface area contributed by atoms with E-state index in [1.54, 1.807) is 6.20 Å². The van der Waals surface area contributed by atoms with Crippen LogP contribution in [0.2, 0.25) is 0 Å². The molecule has 0 saturated carbocycles. The van der Waals surface area contributed by atoms with Crippen LogP contribution in [0.3, 0.4) is 0 Å². The third-order valence-corrected chi connectivity index (χ3v) is 2.87. The Morgan fingerprint density at radius 3 is 2.86 bits per heavy atom. The summed E-state index contributed by atoms with van der Waals surface area (Å²) in [5.41, 5.74) is 6.42. The second-order valence-corrected chi connectivity index (χ2v) is 5.53. The quantitative estimate of drug-likeness (QED) is 0.702. The van der Waals surface area contributed by atoms with E-state index in [2.05, 4.69) is 15.4 Å². The number of aromatic amines is 1. The molecule has 1 atom stereocenters. The summed E-state index contributed by atoms with van der Waals surface area (Å²) in [5, 5.41) is 9.91. The lowest BCUT2D eigenvalue weighted by molar-refractivity contribution is 0.584. The molecule has 1 unspecified atom stereocenters. The Labute approximate surface area is 82.8 Å². The number of rotatable bonds is 5. The molecule has 14 heavy (non-hydrogen) atoms. The number of hydrogen-bond acceptors (Lipinski definition) is 5. The topological polar surface area (TPSA) is 102 Å². The summed E-state index contributed by atoms with van der Waals surface area (Å²) in [6.07, 6.45) is 3.91. The van der Waals surface area contributed by atoms with Crippen molar-refractivity contribution in [3.05, 3.63) is 11.9 Å². The first kappa shape index (κ1) is 11.1. The van der Waals surface area contributed by atoms with E-state index in [0.29, 0.717) is 18.5 Å². The molecule has 3 N–H and O–H groups in total. The van der Waals surface area contributed by atoms with E-state index in [1.807, 2.05) is 0 Å². The fraction of sp³-hybridized carbons (Fsp3) is 0.714. The van der Waals surface area contributed by atoms with Crippen LogP contribution < -0.4 is 5.73 Å². The largest absolute Gasteiger partial charge is 0.323 e. The van der Waals surface area contributed by atoms with E-state index in [0.717, 1.165) is 0 Å². The molecule has 0 bridgehead atoms. The summed E-state index contributed by atoms with van der Waals surface area (Å²) >= 11 is 0. The molecule has 0 spiro atoms. The van der Waals surface area contributed by atoms with Crippen molar-refractivity contribution < 1.29 is 8.42 Å². The summed E-state index contributed by atoms with van der Waals surface area (Å²) in [6, 6.07) is -0.240. The molecule has 0 radical (unpaired) electrons. The van der Waals surface area contributed by atoms with Gasteiger partial charge in [0, 0.05) is 12.0 Å². The van der Waals surface area contributed by atoms with Gasteiger partial charge in [-0.2, -0.15) is 15.4 Å². The number of nitrogens with two attached hydrogens (primary N) is 1. The number of H-pyrrole nitrogens is 1. The van der Waals surface area contributed by atoms with E-state index >= 15 is 0 Å². The molecule has 0 fully saturated rings. The first-order chi connectivity index (χ1) is 6.49. The van der Waals surface area contributed by atoms with Crippen LogP contribution in [0.25, 0.3) is 0 Å². The van der Waals surface area contributed by atoms with Crippen molar-refractivity contribution in [3.8, 4) is 0 Å². The van der Waals surface area contributed by atoms with Gasteiger partial charge in [-0.3, -0.25) is 0 Å². The third kappa shape index (κ3) is 3.84. The molecule has 0 aliphatic heterocycles. The van der Waals surface area contributed by atoms with E-state index in [1.165, 1.54) is 6.26 Å². The number of aromatic nitrogens is 3. The molecular formula is C7H14N4O2S. The highest BCUT2D eigenvalue weighted by Gasteiger charge is 2.10. The molecular weight excluding hydrogens is 204 g/mol. The lowest BCUT2D eigenvalue weighted by atomic mass is 10.1. The number of nitrogens with zero attached hydrogens (tertiary/aromatic N) is 2. The molecule has 1 aromatic rings. The van der Waals surface area contributed by atoms with Gasteiger partial charge >= 0.3 is 0 Å². The number of sulfone groups is 1. The Kier molecular flexibility index (Phi) is 3.59. The van der Waals surface area contributed by atoms with Crippen molar-refractivity contribution in [2.45, 2.75) is 18.9 Å². The van der Waals surface area contributed by atoms with E-state index in [-0.39, 0.29) is 11.8 Å². The standard InChI is InChI=1S/C7H14N4O2S/c1-14(12,13)4-2-3-6(8)7-5-9-11-10-7/h5-6H,2-4,8H2,1H3,(H,9,10,11). The molecule has 80 valence electrons. The summed E-state index contributed by atoms with van der Waals surface area (Å²) in [5.74, 6) is 0.165. The molecule has 0 aliphatic rings. The van der Waals surface area contributed by atoms with Gasteiger partial charge in [0.05, 0.1) is 17.9 Å². The maximum Gasteiger partial charge on any atom is 0.147 e. The average Bonchev–Trinajstić information content (AvgIpc) is 2.53. The van der Waals surface area contributed by atoms with E-state index in [4.69, 9.17) is 5.73 Å².